The van der Waals surface area contributed by atoms with Gasteiger partial charge in [-0.2, -0.15) is 0 Å². The molecule has 0 N–H and O–H groups in total. The van der Waals surface area contributed by atoms with Gasteiger partial charge >= 0.3 is 0 Å². The van der Waals surface area contributed by atoms with Crippen LogP contribution in [0.1, 0.15) is 0 Å². The molecule has 0 nitrogen and oxygen atoms in total. The smallest absolute Gasteiger partial charge is 0.0161 e. The van der Waals surface area contributed by atoms with E-state index in [1.165, 1.54) is 5.57 Å². The highest BCUT2D eigenvalue weighted by Gasteiger charge is 1.92. The predicted octanol–water partition coefficient (Wildman–Crippen LogP) is 1.88. The second-order valence-electron chi connectivity index (χ2n) is 0.942. The van der Waals surface area contributed by atoms with E-state index in [9.17, 15) is 0 Å². The van der Waals surface area contributed by atoms with Crippen molar-refractivity contribution in [3.63, 3.8) is 0 Å². The zero-order valence-corrected chi connectivity index (χ0v) is 4.77. The van der Waals surface area contributed by atoms with Crippen LogP contribution in [0, 0.1) is 0 Å². The van der Waals surface area contributed by atoms with Crippen LogP contribution in [-0.4, -0.2) is 0 Å². The molecule has 1 aliphatic rings. The van der Waals surface area contributed by atoms with Crippen molar-refractivity contribution in [1.82, 2.24) is 0 Å². The predicted molar refractivity (Wildman–Crippen MR) is 31.2 cm³/mol. The Balaban J connectivity index is 2.54. The molecular formula is C4H3I. The van der Waals surface area contributed by atoms with Crippen LogP contribution in [0.15, 0.2) is 21.8 Å². The second kappa shape index (κ2) is 1.12. The van der Waals surface area contributed by atoms with Gasteiger partial charge in [0, 0.05) is 0 Å². The molecule has 0 fully saturated rings. The van der Waals surface area contributed by atoms with Crippen molar-refractivity contribution in [2.75, 3.05) is 0 Å². The van der Waals surface area contributed by atoms with Gasteiger partial charge in [-0.15, -0.1) is 0 Å². The zero-order valence-electron chi connectivity index (χ0n) is 2.61. The fourth-order valence-electron chi connectivity index (χ4n) is 0.121. The molecule has 0 amide bonds. The molecule has 26 valence electrons. The minimum atomic E-state index is 1.37. The van der Waals surface area contributed by atoms with Gasteiger partial charge in [0.25, 0.3) is 0 Å². The van der Waals surface area contributed by atoms with Gasteiger partial charge in [0.2, 0.25) is 0 Å². The van der Waals surface area contributed by atoms with Crippen LogP contribution < -0.4 is 0 Å². The molecule has 0 aromatic heterocycles. The first-order valence-electron chi connectivity index (χ1n) is 1.42. The third kappa shape index (κ3) is 0.758. The summed E-state index contributed by atoms with van der Waals surface area (Å²) in [7, 11) is 0. The Morgan fingerprint density at radius 3 is 2.20 bits per heavy atom. The van der Waals surface area contributed by atoms with Crippen LogP contribution in [0.3, 0.4) is 0 Å². The Kier molecular flexibility index (Phi) is 0.765. The average Bonchev–Trinajstić information content (AvgIpc) is 2.12. The van der Waals surface area contributed by atoms with Crippen molar-refractivity contribution in [2.24, 2.45) is 0 Å². The van der Waals surface area contributed by atoms with E-state index in [4.69, 9.17) is 0 Å². The summed E-state index contributed by atoms with van der Waals surface area (Å²) in [5.74, 6) is 0. The molecule has 0 saturated heterocycles. The van der Waals surface area contributed by atoms with Crippen LogP contribution >= 0.6 is 22.6 Å². The van der Waals surface area contributed by atoms with E-state index in [0.29, 0.717) is 0 Å². The summed E-state index contributed by atoms with van der Waals surface area (Å²) >= 11 is 2.22. The van der Waals surface area contributed by atoms with Crippen LogP contribution in [0.2, 0.25) is 0 Å². The summed E-state index contributed by atoms with van der Waals surface area (Å²) in [6, 6.07) is 0. The number of rotatable bonds is 0. The fraction of sp³-hybridized carbons (Fsp3) is 0. The van der Waals surface area contributed by atoms with E-state index in [2.05, 4.69) is 38.8 Å². The highest BCUT2D eigenvalue weighted by atomic mass is 127. The normalized spacial score (nSPS) is 15.8. The van der Waals surface area contributed by atoms with Crippen molar-refractivity contribution >= 4 is 22.6 Å². The van der Waals surface area contributed by atoms with Gasteiger partial charge in [-0.3, -0.25) is 0 Å². The summed E-state index contributed by atoms with van der Waals surface area (Å²) in [5, 5.41) is 0. The lowest BCUT2D eigenvalue weighted by Gasteiger charge is -1.53. The minimum absolute atomic E-state index is 1.37. The molecule has 0 atom stereocenters. The number of allylic oxidation sites excluding steroid dienone is 3. The first-order chi connectivity index (χ1) is 2.43. The van der Waals surface area contributed by atoms with Crippen LogP contribution in [0.5, 0.6) is 0 Å². The first kappa shape index (κ1) is 3.40. The molecule has 0 unspecified atom stereocenters. The summed E-state index contributed by atoms with van der Waals surface area (Å²) in [4.78, 5) is 0. The van der Waals surface area contributed by atoms with Gasteiger partial charge in [0.1, 0.15) is 0 Å². The highest BCUT2D eigenvalue weighted by molar-refractivity contribution is 14.1. The van der Waals surface area contributed by atoms with Gasteiger partial charge in [0.05, 0.1) is 0 Å². The Hall–Kier alpha value is 0.210. The minimum Gasteiger partial charge on any atom is -0.0539 e. The molecule has 0 aromatic carbocycles. The van der Waals surface area contributed by atoms with Gasteiger partial charge in [0.15, 0.2) is 0 Å². The molecule has 0 heterocycles. The molecule has 0 bridgehead atoms. The Bertz CT molecular complexity index is 81.8. The van der Waals surface area contributed by atoms with E-state index >= 15 is 0 Å². The highest BCUT2D eigenvalue weighted by Crippen LogP contribution is 2.14. The van der Waals surface area contributed by atoms with E-state index in [0.717, 1.165) is 0 Å². The summed E-state index contributed by atoms with van der Waals surface area (Å²) in [6.45, 7) is 0. The Labute approximate surface area is 44.7 Å². The molecule has 1 rings (SSSR count). The lowest BCUT2D eigenvalue weighted by atomic mass is 10.7. The number of halogens is 1. The zero-order chi connectivity index (χ0) is 3.70. The van der Waals surface area contributed by atoms with Gasteiger partial charge in [-0.25, -0.2) is 0 Å². The molecule has 5 heavy (non-hydrogen) atoms. The van der Waals surface area contributed by atoms with Crippen molar-refractivity contribution in [2.45, 2.75) is 0 Å². The van der Waals surface area contributed by atoms with E-state index in [1.807, 2.05) is 0 Å². The maximum absolute atomic E-state index is 2.22. The molecule has 1 heteroatoms. The quantitative estimate of drug-likeness (QED) is 0.496. The SMILES string of the molecule is IC=C1C=C1. The molecule has 0 aliphatic heterocycles. The Morgan fingerprint density at radius 1 is 1.60 bits per heavy atom. The number of hydrogen-bond acceptors (Lipinski definition) is 0. The Morgan fingerprint density at radius 2 is 2.20 bits per heavy atom. The monoisotopic (exact) mass is 178 g/mol. The van der Waals surface area contributed by atoms with E-state index in [-0.39, 0.29) is 0 Å². The van der Waals surface area contributed by atoms with Crippen LogP contribution in [0.4, 0.5) is 0 Å². The molecule has 0 radical (unpaired) electrons. The molecule has 0 saturated carbocycles. The summed E-state index contributed by atoms with van der Waals surface area (Å²) in [6.07, 6.45) is 4.15. The molecule has 1 aliphatic carbocycles. The lowest BCUT2D eigenvalue weighted by Crippen LogP contribution is -1.29. The van der Waals surface area contributed by atoms with Crippen molar-refractivity contribution < 1.29 is 0 Å². The van der Waals surface area contributed by atoms with Crippen molar-refractivity contribution in [3.8, 4) is 0 Å². The molecule has 0 spiro atoms. The standard InChI is InChI=1S/C4H3I/c5-3-4-1-2-4/h1-3H. The van der Waals surface area contributed by atoms with E-state index in [1.54, 1.807) is 0 Å². The summed E-state index contributed by atoms with van der Waals surface area (Å²) in [5.41, 5.74) is 1.37. The van der Waals surface area contributed by atoms with Crippen molar-refractivity contribution in [3.05, 3.63) is 21.8 Å². The summed E-state index contributed by atoms with van der Waals surface area (Å²) < 4.78 is 2.05. The molecule has 0 aromatic rings. The fourth-order valence-corrected chi connectivity index (χ4v) is 0.536. The first-order valence-corrected chi connectivity index (χ1v) is 2.66. The van der Waals surface area contributed by atoms with E-state index < -0.39 is 0 Å². The second-order valence-corrected chi connectivity index (χ2v) is 1.57. The van der Waals surface area contributed by atoms with Crippen molar-refractivity contribution in [1.29, 1.82) is 0 Å². The maximum Gasteiger partial charge on any atom is -0.0161 e. The van der Waals surface area contributed by atoms with Crippen LogP contribution in [0.25, 0.3) is 0 Å². The number of hydrogen-bond donors (Lipinski definition) is 0. The third-order valence-corrected chi connectivity index (χ3v) is 1.20. The largest absolute Gasteiger partial charge is 0.0539 e. The third-order valence-electron chi connectivity index (χ3n) is 0.485. The van der Waals surface area contributed by atoms with Crippen LogP contribution in [-0.2, 0) is 0 Å². The lowest BCUT2D eigenvalue weighted by molar-refractivity contribution is 2.15. The average molecular weight is 178 g/mol. The maximum atomic E-state index is 2.22. The molecular weight excluding hydrogens is 175 g/mol. The topological polar surface area (TPSA) is 0 Å². The van der Waals surface area contributed by atoms with Gasteiger partial charge in [-0.05, 0) is 9.66 Å². The van der Waals surface area contributed by atoms with Gasteiger partial charge in [-0.1, -0.05) is 34.7 Å². The van der Waals surface area contributed by atoms with Gasteiger partial charge < -0.3 is 0 Å².